The van der Waals surface area contributed by atoms with Gasteiger partial charge in [-0.25, -0.2) is 8.42 Å². The van der Waals surface area contributed by atoms with Crippen molar-refractivity contribution in [1.29, 1.82) is 0 Å². The van der Waals surface area contributed by atoms with Crippen LogP contribution in [-0.4, -0.2) is 25.8 Å². The molecule has 0 spiro atoms. The van der Waals surface area contributed by atoms with E-state index in [-0.39, 0.29) is 0 Å². The highest BCUT2D eigenvalue weighted by Gasteiger charge is 2.32. The van der Waals surface area contributed by atoms with Crippen molar-refractivity contribution in [3.63, 3.8) is 0 Å². The second-order valence-electron chi connectivity index (χ2n) is 6.55. The Labute approximate surface area is 122 Å². The van der Waals surface area contributed by atoms with Crippen LogP contribution in [0.2, 0.25) is 0 Å². The Balaban J connectivity index is 1.91. The topological polar surface area (TPSA) is 37.4 Å². The van der Waals surface area contributed by atoms with Gasteiger partial charge in [0.15, 0.2) is 0 Å². The Bertz CT molecular complexity index is 599. The fraction of sp³-hybridized carbons (Fsp3) is 0.625. The van der Waals surface area contributed by atoms with Gasteiger partial charge in [0.2, 0.25) is 10.0 Å². The number of nitrogens with zero attached hydrogens (tertiary/aromatic N) is 1. The third-order valence-corrected chi connectivity index (χ3v) is 6.37. The number of piperidine rings is 1. The first-order chi connectivity index (χ1) is 9.46. The van der Waals surface area contributed by atoms with E-state index in [1.807, 2.05) is 12.1 Å². The largest absolute Gasteiger partial charge is 0.243 e. The summed E-state index contributed by atoms with van der Waals surface area (Å²) in [6.45, 7) is 5.59. The summed E-state index contributed by atoms with van der Waals surface area (Å²) in [5.41, 5.74) is 2.55. The Morgan fingerprint density at radius 3 is 2.40 bits per heavy atom. The molecule has 20 heavy (non-hydrogen) atoms. The summed E-state index contributed by atoms with van der Waals surface area (Å²) in [7, 11) is -3.32. The van der Waals surface area contributed by atoms with Crippen molar-refractivity contribution in [2.75, 3.05) is 13.1 Å². The lowest BCUT2D eigenvalue weighted by Gasteiger charge is -2.34. The van der Waals surface area contributed by atoms with Crippen molar-refractivity contribution in [2.24, 2.45) is 11.8 Å². The molecule has 1 aliphatic heterocycles. The molecule has 1 aromatic carbocycles. The van der Waals surface area contributed by atoms with Crippen LogP contribution in [0.4, 0.5) is 0 Å². The molecular weight excluding hydrogens is 270 g/mol. The van der Waals surface area contributed by atoms with Crippen molar-refractivity contribution in [1.82, 2.24) is 4.31 Å². The Hall–Kier alpha value is -0.870. The second kappa shape index (κ2) is 5.15. The maximum absolute atomic E-state index is 12.8. The van der Waals surface area contributed by atoms with Crippen molar-refractivity contribution in [3.05, 3.63) is 29.3 Å². The van der Waals surface area contributed by atoms with Gasteiger partial charge in [-0.15, -0.1) is 0 Å². The molecule has 2 atom stereocenters. The van der Waals surface area contributed by atoms with E-state index in [1.54, 1.807) is 10.4 Å². The molecule has 3 rings (SSSR count). The zero-order valence-electron chi connectivity index (χ0n) is 12.3. The highest BCUT2D eigenvalue weighted by molar-refractivity contribution is 7.89. The molecule has 0 N–H and O–H groups in total. The van der Waals surface area contributed by atoms with E-state index in [0.717, 1.165) is 25.7 Å². The lowest BCUT2D eigenvalue weighted by Crippen LogP contribution is -2.42. The van der Waals surface area contributed by atoms with Crippen molar-refractivity contribution < 1.29 is 8.42 Å². The third kappa shape index (κ3) is 2.51. The van der Waals surface area contributed by atoms with Crippen LogP contribution in [0.1, 0.15) is 37.8 Å². The third-order valence-electron chi connectivity index (χ3n) is 4.54. The van der Waals surface area contributed by atoms with Crippen molar-refractivity contribution >= 4 is 10.0 Å². The smallest absolute Gasteiger partial charge is 0.207 e. The molecule has 1 saturated heterocycles. The van der Waals surface area contributed by atoms with E-state index in [1.165, 1.54) is 11.1 Å². The molecule has 4 heteroatoms. The minimum absolute atomic E-state index is 0.447. The monoisotopic (exact) mass is 293 g/mol. The van der Waals surface area contributed by atoms with E-state index in [9.17, 15) is 8.42 Å². The standard InChI is InChI=1S/C16H23NO2S/c1-12-8-13(2)11-17(10-12)20(18,19)16-7-6-14-4-3-5-15(14)9-16/h6-7,9,12-13H,3-5,8,10-11H2,1-2H3. The SMILES string of the molecule is CC1CC(C)CN(S(=O)(=O)c2ccc3c(c2)CCC3)C1. The van der Waals surface area contributed by atoms with E-state index in [4.69, 9.17) is 0 Å². The predicted octanol–water partition coefficient (Wildman–Crippen LogP) is 2.84. The average Bonchev–Trinajstić information content (AvgIpc) is 2.84. The fourth-order valence-electron chi connectivity index (χ4n) is 3.66. The van der Waals surface area contributed by atoms with Crippen LogP contribution in [0.3, 0.4) is 0 Å². The van der Waals surface area contributed by atoms with Gasteiger partial charge in [0.25, 0.3) is 0 Å². The first-order valence-electron chi connectivity index (χ1n) is 7.59. The molecule has 2 unspecified atom stereocenters. The lowest BCUT2D eigenvalue weighted by molar-refractivity contribution is 0.222. The number of benzene rings is 1. The minimum Gasteiger partial charge on any atom is -0.207 e. The maximum atomic E-state index is 12.8. The van der Waals surface area contributed by atoms with Crippen LogP contribution in [0, 0.1) is 11.8 Å². The van der Waals surface area contributed by atoms with Gasteiger partial charge < -0.3 is 0 Å². The molecule has 0 amide bonds. The van der Waals surface area contributed by atoms with Crippen LogP contribution in [0.5, 0.6) is 0 Å². The molecule has 2 aliphatic rings. The van der Waals surface area contributed by atoms with E-state index < -0.39 is 10.0 Å². The van der Waals surface area contributed by atoms with Gasteiger partial charge in [-0.3, -0.25) is 0 Å². The zero-order valence-corrected chi connectivity index (χ0v) is 13.1. The summed E-state index contributed by atoms with van der Waals surface area (Å²) < 4.78 is 27.3. The average molecular weight is 293 g/mol. The van der Waals surface area contributed by atoms with Gasteiger partial charge in [-0.2, -0.15) is 4.31 Å². The number of hydrogen-bond acceptors (Lipinski definition) is 2. The predicted molar refractivity (Wildman–Crippen MR) is 80.2 cm³/mol. The summed E-state index contributed by atoms with van der Waals surface area (Å²) in [5.74, 6) is 0.894. The zero-order chi connectivity index (χ0) is 14.3. The van der Waals surface area contributed by atoms with E-state index in [2.05, 4.69) is 13.8 Å². The molecule has 110 valence electrons. The minimum atomic E-state index is -3.32. The number of rotatable bonds is 2. The van der Waals surface area contributed by atoms with E-state index in [0.29, 0.717) is 29.8 Å². The molecule has 0 radical (unpaired) electrons. The normalized spacial score (nSPS) is 27.5. The number of aryl methyl sites for hydroxylation is 2. The van der Waals surface area contributed by atoms with Crippen LogP contribution >= 0.6 is 0 Å². The highest BCUT2D eigenvalue weighted by atomic mass is 32.2. The van der Waals surface area contributed by atoms with Crippen molar-refractivity contribution in [2.45, 2.75) is 44.4 Å². The first-order valence-corrected chi connectivity index (χ1v) is 9.03. The fourth-order valence-corrected chi connectivity index (χ4v) is 5.39. The highest BCUT2D eigenvalue weighted by Crippen LogP contribution is 2.29. The molecule has 0 aromatic heterocycles. The van der Waals surface area contributed by atoms with Crippen LogP contribution < -0.4 is 0 Å². The lowest BCUT2D eigenvalue weighted by atomic mass is 9.94. The van der Waals surface area contributed by atoms with Crippen molar-refractivity contribution in [3.8, 4) is 0 Å². The van der Waals surface area contributed by atoms with Gasteiger partial charge in [0.1, 0.15) is 0 Å². The van der Waals surface area contributed by atoms with Gasteiger partial charge in [-0.05, 0) is 60.8 Å². The molecule has 1 aliphatic carbocycles. The quantitative estimate of drug-likeness (QED) is 0.841. The Morgan fingerprint density at radius 1 is 1.05 bits per heavy atom. The van der Waals surface area contributed by atoms with Gasteiger partial charge >= 0.3 is 0 Å². The summed E-state index contributed by atoms with van der Waals surface area (Å²) in [4.78, 5) is 0.486. The van der Waals surface area contributed by atoms with Gasteiger partial charge in [0.05, 0.1) is 4.90 Å². The van der Waals surface area contributed by atoms with Gasteiger partial charge in [0, 0.05) is 13.1 Å². The maximum Gasteiger partial charge on any atom is 0.243 e. The molecule has 1 fully saturated rings. The molecule has 0 bridgehead atoms. The molecular formula is C16H23NO2S. The second-order valence-corrected chi connectivity index (χ2v) is 8.49. The van der Waals surface area contributed by atoms with Crippen LogP contribution in [-0.2, 0) is 22.9 Å². The molecule has 1 aromatic rings. The summed E-state index contributed by atoms with van der Waals surface area (Å²) in [6, 6.07) is 5.71. The number of sulfonamides is 1. The van der Waals surface area contributed by atoms with E-state index >= 15 is 0 Å². The van der Waals surface area contributed by atoms with Crippen LogP contribution in [0.25, 0.3) is 0 Å². The molecule has 1 heterocycles. The number of fused-ring (bicyclic) bond motifs is 1. The van der Waals surface area contributed by atoms with Gasteiger partial charge in [-0.1, -0.05) is 19.9 Å². The molecule has 3 nitrogen and oxygen atoms in total. The number of hydrogen-bond donors (Lipinski definition) is 0. The summed E-state index contributed by atoms with van der Waals surface area (Å²) in [5, 5.41) is 0. The first kappa shape index (κ1) is 14.1. The van der Waals surface area contributed by atoms with Crippen LogP contribution in [0.15, 0.2) is 23.1 Å². The Morgan fingerprint density at radius 2 is 1.70 bits per heavy atom. The summed E-state index contributed by atoms with van der Waals surface area (Å²) >= 11 is 0. The summed E-state index contributed by atoms with van der Waals surface area (Å²) in [6.07, 6.45) is 4.38. The Kier molecular flexibility index (Phi) is 3.63. The molecule has 0 saturated carbocycles.